The number of rotatable bonds is 4. The Balaban J connectivity index is -0.0000000141. The van der Waals surface area contributed by atoms with Crippen molar-refractivity contribution >= 4 is 0 Å². The molecule has 0 bridgehead atoms. The second-order valence-electron chi connectivity index (χ2n) is 3.73. The van der Waals surface area contributed by atoms with Gasteiger partial charge in [-0.05, 0) is 18.1 Å². The van der Waals surface area contributed by atoms with Crippen molar-refractivity contribution in [2.24, 2.45) is 0 Å². The number of halogens is 26. The van der Waals surface area contributed by atoms with E-state index >= 15 is 0 Å². The first kappa shape index (κ1) is 132. The van der Waals surface area contributed by atoms with Crippen LogP contribution < -0.4 is 0 Å². The Bertz CT molecular complexity index is 444. The monoisotopic (exact) mass is 926 g/mol. The lowest BCUT2D eigenvalue weighted by Crippen LogP contribution is -2.24. The van der Waals surface area contributed by atoms with Crippen molar-refractivity contribution in [3.63, 3.8) is 0 Å². The quantitative estimate of drug-likeness (QED) is 0.262. The van der Waals surface area contributed by atoms with Crippen molar-refractivity contribution in [1.29, 1.82) is 0 Å². The van der Waals surface area contributed by atoms with Gasteiger partial charge in [0.15, 0.2) is 13.5 Å². The highest BCUT2D eigenvalue weighted by atomic mass is 19.5. The molecule has 0 amide bonds. The second kappa shape index (κ2) is 84.5. The summed E-state index contributed by atoms with van der Waals surface area (Å²) in [5.41, 5.74) is 0. The van der Waals surface area contributed by atoms with E-state index in [4.69, 9.17) is 0 Å². The molecule has 0 aromatic heterocycles. The summed E-state index contributed by atoms with van der Waals surface area (Å²) in [5, 5.41) is 0. The molecule has 0 aliphatic carbocycles. The number of hydrogen-bond acceptors (Lipinski definition) is 6. The van der Waals surface area contributed by atoms with Crippen LogP contribution in [0.2, 0.25) is 0 Å². The number of alkyl halides is 22. The van der Waals surface area contributed by atoms with Gasteiger partial charge in [0.2, 0.25) is 27.6 Å². The van der Waals surface area contributed by atoms with Crippen molar-refractivity contribution in [2.45, 2.75) is 121 Å². The van der Waals surface area contributed by atoms with Crippen LogP contribution in [0.25, 0.3) is 0 Å². The summed E-state index contributed by atoms with van der Waals surface area (Å²) in [5.74, 6) is 0. The molecule has 0 radical (unpaired) electrons. The fourth-order valence-electron chi connectivity index (χ4n) is 0.226. The van der Waals surface area contributed by atoms with E-state index in [1.165, 1.54) is 9.88 Å². The minimum Gasteiger partial charge on any atom is -0.282 e. The summed E-state index contributed by atoms with van der Waals surface area (Å²) >= 11 is 0. The van der Waals surface area contributed by atoms with Gasteiger partial charge < -0.3 is 0 Å². The first-order valence-electron chi connectivity index (χ1n) is 7.65. The Labute approximate surface area is 306 Å². The highest BCUT2D eigenvalue weighted by molar-refractivity contribution is 4.45. The number of ether oxygens (including phenoxy) is 2. The van der Waals surface area contributed by atoms with Crippen molar-refractivity contribution in [2.75, 3.05) is 41.0 Å². The smallest absolute Gasteiger partial charge is 0.282 e. The molecule has 0 aromatic rings. The molecule has 32 heteroatoms. The Morgan fingerprint density at radius 2 is 0.436 bits per heavy atom. The summed E-state index contributed by atoms with van der Waals surface area (Å²) in [6.45, 7) is -10.3. The van der Waals surface area contributed by atoms with Gasteiger partial charge in [0.25, 0.3) is 0 Å². The van der Waals surface area contributed by atoms with E-state index < -0.39 is 72.7 Å². The molecule has 0 aromatic carbocycles. The Morgan fingerprint density at radius 3 is 0.455 bits per heavy atom. The molecule has 55 heavy (non-hydrogen) atoms. The molecule has 0 saturated heterocycles. The van der Waals surface area contributed by atoms with Gasteiger partial charge in [0, 0.05) is 0 Å². The summed E-state index contributed by atoms with van der Waals surface area (Å²) in [6, 6.07) is 0. The molecule has 370 valence electrons. The normalized spacial score (nSPS) is 8.40. The van der Waals surface area contributed by atoms with E-state index in [1.54, 1.807) is 0 Å². The maximum atomic E-state index is 11.0. The molecule has 0 rings (SSSR count). The van der Waals surface area contributed by atoms with Crippen LogP contribution in [-0.4, -0.2) is 72.7 Å². The van der Waals surface area contributed by atoms with Crippen LogP contribution in [0, 0.1) is 0 Å². The highest BCUT2D eigenvalue weighted by Gasteiger charge is 2.37. The fraction of sp³-hybridized carbons (Fsp3) is 1.00. The first-order chi connectivity index (χ1) is 19.0. The molecule has 0 fully saturated rings. The van der Waals surface area contributed by atoms with Crippen LogP contribution in [0.1, 0.15) is 89.1 Å². The van der Waals surface area contributed by atoms with Gasteiger partial charge in [0.1, 0.15) is 0 Å². The average Bonchev–Trinajstić information content (AvgIpc) is 2.83. The summed E-state index contributed by atoms with van der Waals surface area (Å²) < 4.78 is 272. The molecule has 0 aliphatic rings. The summed E-state index contributed by atoms with van der Waals surface area (Å²) in [4.78, 5) is 7.62. The predicted molar refractivity (Wildman–Crippen MR) is 159 cm³/mol. The second-order valence-corrected chi connectivity index (χ2v) is 3.73. The molecule has 0 unspecified atom stereocenters. The molecular formula is C23H60F26O6. The highest BCUT2D eigenvalue weighted by Crippen LogP contribution is 2.22. The van der Waals surface area contributed by atoms with Gasteiger partial charge in [-0.25, -0.2) is 30.7 Å². The fourth-order valence-corrected chi connectivity index (χ4v) is 0.226. The van der Waals surface area contributed by atoms with Crippen LogP contribution in [0.5, 0.6) is 0 Å². The summed E-state index contributed by atoms with van der Waals surface area (Å²) in [7, 11) is 0. The minimum atomic E-state index is -5.21. The lowest BCUT2D eigenvalue weighted by atomic mass is 10.7. The van der Waals surface area contributed by atoms with Crippen molar-refractivity contribution in [1.82, 2.24) is 0 Å². The number of hydrogen-bond donors (Lipinski definition) is 0. The maximum absolute atomic E-state index is 11.0. The van der Waals surface area contributed by atoms with Gasteiger partial charge in [-0.3, -0.25) is 9.47 Å². The molecule has 0 aliphatic heterocycles. The Kier molecular flexibility index (Phi) is 202. The minimum absolute atomic E-state index is 0. The van der Waals surface area contributed by atoms with Crippen LogP contribution in [0.4, 0.5) is 115 Å². The molecule has 0 saturated carbocycles. The molecule has 0 atom stereocenters. The van der Waals surface area contributed by atoms with E-state index in [1.807, 2.05) is 0 Å². The van der Waals surface area contributed by atoms with Gasteiger partial charge >= 0.3 is 31.6 Å². The van der Waals surface area contributed by atoms with Gasteiger partial charge in [-0.15, -0.1) is 52.7 Å². The first-order valence-corrected chi connectivity index (χ1v) is 7.65. The van der Waals surface area contributed by atoms with Crippen LogP contribution in [0.15, 0.2) is 0 Å². The van der Waals surface area contributed by atoms with E-state index in [9.17, 15) is 115 Å². The van der Waals surface area contributed by atoms with Crippen LogP contribution in [-0.2, 0) is 29.2 Å². The molecule has 6 nitrogen and oxygen atoms in total. The van der Waals surface area contributed by atoms with E-state index in [-0.39, 0.29) is 89.1 Å². The molecule has 0 N–H and O–H groups in total. The van der Waals surface area contributed by atoms with Gasteiger partial charge in [0.05, 0.1) is 0 Å². The van der Waals surface area contributed by atoms with Crippen LogP contribution >= 0.6 is 0 Å². The van der Waals surface area contributed by atoms with Crippen molar-refractivity contribution in [3.05, 3.63) is 0 Å². The lowest BCUT2D eigenvalue weighted by molar-refractivity contribution is -0.416. The van der Waals surface area contributed by atoms with E-state index in [0.29, 0.717) is 0 Å². The van der Waals surface area contributed by atoms with Gasteiger partial charge in [-0.1, -0.05) is 99.0 Å². The maximum Gasteiger partial charge on any atom is 0.553 e. The third-order valence-corrected chi connectivity index (χ3v) is 0.875. The summed E-state index contributed by atoms with van der Waals surface area (Å²) in [6.07, 6.45) is -25.2. The van der Waals surface area contributed by atoms with Gasteiger partial charge in [-0.2, -0.15) is 23.1 Å². The van der Waals surface area contributed by atoms with Crippen molar-refractivity contribution < 1.29 is 144 Å². The largest absolute Gasteiger partial charge is 0.553 e. The molecule has 0 spiro atoms. The SMILES string of the molecule is C.C.C.C.C.C.C.C.C.C.C.C.FC(F)(F)COC(F)(F)F.FCF.FCF.FCOC(F)(F)F.FCOF.FCOF.FOC(F)(F)F.FOC(F)(F)F. The Hall–Kier alpha value is -2.06. The lowest BCUT2D eigenvalue weighted by Gasteiger charge is -2.08. The zero-order valence-corrected chi connectivity index (χ0v) is 19.0. The third-order valence-electron chi connectivity index (χ3n) is 0.875. The molecular weight excluding hydrogens is 866 g/mol. The predicted octanol–water partition coefficient (Wildman–Crippen LogP) is 17.4. The Morgan fingerprint density at radius 1 is 0.291 bits per heavy atom. The van der Waals surface area contributed by atoms with E-state index in [2.05, 4.69) is 19.4 Å². The zero-order valence-electron chi connectivity index (χ0n) is 19.0. The van der Waals surface area contributed by atoms with Crippen molar-refractivity contribution in [3.8, 4) is 0 Å². The third kappa shape index (κ3) is 451. The average molecular weight is 927 g/mol. The van der Waals surface area contributed by atoms with Crippen LogP contribution in [0.3, 0.4) is 0 Å². The topological polar surface area (TPSA) is 55.4 Å². The standard InChI is InChI=1S/C3H2F6O.C2H2F4O.2CF4O.2CH2F2O.2CH2F2.12CH4/c4-2(5,6)1-10-3(7,8)9;3-1-7-2(4,5)6;2*2-1(3,4)6-5;2*2-1-4-3;2*2-1-3;;;;;;;;;;;;/h1H2;1H2;;;2*1H2;2*1H2;12*1H4. The molecule has 0 heterocycles. The zero-order chi connectivity index (χ0) is 37.0. The van der Waals surface area contributed by atoms with E-state index in [0.717, 1.165) is 0 Å².